The van der Waals surface area contributed by atoms with Crippen molar-refractivity contribution in [2.75, 3.05) is 13.2 Å². The van der Waals surface area contributed by atoms with E-state index in [1.165, 1.54) is 6.92 Å². The smallest absolute Gasteiger partial charge is 0.302 e. The number of carbonyl (C=O) groups excluding carboxylic acids is 1. The van der Waals surface area contributed by atoms with Crippen molar-refractivity contribution in [3.05, 3.63) is 0 Å². The highest BCUT2D eigenvalue weighted by atomic mass is 127. The quantitative estimate of drug-likeness (QED) is 0.419. The first-order chi connectivity index (χ1) is 4.70. The van der Waals surface area contributed by atoms with Crippen LogP contribution in [0.25, 0.3) is 0 Å². The number of aliphatic hydroxyl groups excluding tert-OH is 1. The molecule has 4 nitrogen and oxygen atoms in total. The molecular formula is C5H10INO3. The molecule has 1 atom stereocenters. The lowest BCUT2D eigenvalue weighted by molar-refractivity contribution is -0.141. The lowest BCUT2D eigenvalue weighted by Crippen LogP contribution is -2.30. The molecule has 0 aromatic rings. The fourth-order valence-electron chi connectivity index (χ4n) is 0.337. The van der Waals surface area contributed by atoms with Crippen LogP contribution in [-0.4, -0.2) is 30.3 Å². The van der Waals surface area contributed by atoms with Crippen molar-refractivity contribution < 1.29 is 14.6 Å². The maximum atomic E-state index is 10.2. The molecule has 0 aliphatic heterocycles. The lowest BCUT2D eigenvalue weighted by atomic mass is 10.4. The number of esters is 1. The van der Waals surface area contributed by atoms with E-state index < -0.39 is 0 Å². The van der Waals surface area contributed by atoms with Gasteiger partial charge in [0.05, 0.1) is 12.6 Å². The largest absolute Gasteiger partial charge is 0.464 e. The number of hydrogen-bond donors (Lipinski definition) is 2. The predicted octanol–water partition coefficient (Wildman–Crippen LogP) is -0.150. The van der Waals surface area contributed by atoms with Gasteiger partial charge < -0.3 is 9.84 Å². The maximum absolute atomic E-state index is 10.2. The molecular weight excluding hydrogens is 249 g/mol. The molecule has 0 fully saturated rings. The summed E-state index contributed by atoms with van der Waals surface area (Å²) < 4.78 is 7.37. The standard InChI is InChI=1S/C5H10INO3/c1-4(9)10-3-5(2-8)7-6/h5,7-8H,2-3H2,1H3. The first-order valence-electron chi connectivity index (χ1n) is 2.81. The van der Waals surface area contributed by atoms with E-state index in [4.69, 9.17) is 5.11 Å². The third kappa shape index (κ3) is 4.95. The van der Waals surface area contributed by atoms with Gasteiger partial charge in [0.25, 0.3) is 0 Å². The Morgan fingerprint density at radius 1 is 1.90 bits per heavy atom. The molecule has 2 N–H and O–H groups in total. The predicted molar refractivity (Wildman–Crippen MR) is 44.7 cm³/mol. The maximum Gasteiger partial charge on any atom is 0.302 e. The van der Waals surface area contributed by atoms with E-state index in [-0.39, 0.29) is 25.2 Å². The Kier molecular flexibility index (Phi) is 5.94. The number of halogens is 1. The van der Waals surface area contributed by atoms with E-state index in [0.29, 0.717) is 0 Å². The van der Waals surface area contributed by atoms with E-state index in [9.17, 15) is 4.79 Å². The minimum Gasteiger partial charge on any atom is -0.464 e. The Morgan fingerprint density at radius 3 is 2.80 bits per heavy atom. The summed E-state index contributed by atoms with van der Waals surface area (Å²) in [6.45, 7) is 1.52. The van der Waals surface area contributed by atoms with Crippen molar-refractivity contribution >= 4 is 28.8 Å². The topological polar surface area (TPSA) is 58.6 Å². The summed E-state index contributed by atoms with van der Waals surface area (Å²) in [5.74, 6) is -0.329. The van der Waals surface area contributed by atoms with Gasteiger partial charge in [-0.05, 0) is 0 Å². The van der Waals surface area contributed by atoms with Gasteiger partial charge in [0.2, 0.25) is 0 Å². The molecule has 0 aliphatic rings. The molecule has 1 unspecified atom stereocenters. The van der Waals surface area contributed by atoms with Crippen LogP contribution < -0.4 is 3.53 Å². The van der Waals surface area contributed by atoms with E-state index in [1.54, 1.807) is 0 Å². The van der Waals surface area contributed by atoms with Crippen molar-refractivity contribution in [2.24, 2.45) is 0 Å². The number of carbonyl (C=O) groups is 1. The van der Waals surface area contributed by atoms with Crippen LogP contribution in [0.5, 0.6) is 0 Å². The van der Waals surface area contributed by atoms with Gasteiger partial charge in [0.1, 0.15) is 6.61 Å². The Hall–Kier alpha value is 0.120. The van der Waals surface area contributed by atoms with Crippen LogP contribution in [0.4, 0.5) is 0 Å². The van der Waals surface area contributed by atoms with Gasteiger partial charge in [0.15, 0.2) is 0 Å². The van der Waals surface area contributed by atoms with Gasteiger partial charge in [-0.3, -0.25) is 8.32 Å². The van der Waals surface area contributed by atoms with Crippen molar-refractivity contribution in [1.82, 2.24) is 3.53 Å². The minimum atomic E-state index is -0.329. The van der Waals surface area contributed by atoms with Gasteiger partial charge in [-0.2, -0.15) is 0 Å². The highest BCUT2D eigenvalue weighted by Gasteiger charge is 2.05. The summed E-state index contributed by atoms with van der Waals surface area (Å²) in [6.07, 6.45) is 0. The highest BCUT2D eigenvalue weighted by Crippen LogP contribution is 1.88. The SMILES string of the molecule is CC(=O)OCC(CO)NI. The van der Waals surface area contributed by atoms with Gasteiger partial charge in [-0.1, -0.05) is 0 Å². The van der Waals surface area contributed by atoms with E-state index in [2.05, 4.69) is 8.27 Å². The minimum absolute atomic E-state index is 0.0315. The van der Waals surface area contributed by atoms with Gasteiger partial charge in [0, 0.05) is 29.8 Å². The molecule has 0 radical (unpaired) electrons. The molecule has 5 heteroatoms. The van der Waals surface area contributed by atoms with Gasteiger partial charge in [-0.15, -0.1) is 0 Å². The molecule has 0 aromatic carbocycles. The Morgan fingerprint density at radius 2 is 2.50 bits per heavy atom. The summed E-state index contributed by atoms with van der Waals surface area (Å²) in [6, 6.07) is -0.163. The number of rotatable bonds is 4. The van der Waals surface area contributed by atoms with Crippen LogP contribution in [0.3, 0.4) is 0 Å². The van der Waals surface area contributed by atoms with E-state index in [0.717, 1.165) is 0 Å². The molecule has 0 aliphatic carbocycles. The second-order valence-electron chi connectivity index (χ2n) is 1.79. The number of nitrogens with one attached hydrogen (secondary N) is 1. The van der Waals surface area contributed by atoms with Crippen molar-refractivity contribution in [1.29, 1.82) is 0 Å². The number of hydrogen-bond acceptors (Lipinski definition) is 4. The van der Waals surface area contributed by atoms with Crippen molar-refractivity contribution in [3.8, 4) is 0 Å². The van der Waals surface area contributed by atoms with Crippen molar-refractivity contribution in [2.45, 2.75) is 13.0 Å². The van der Waals surface area contributed by atoms with Crippen LogP contribution in [0, 0.1) is 0 Å². The Balaban J connectivity index is 3.34. The molecule has 10 heavy (non-hydrogen) atoms. The summed E-state index contributed by atoms with van der Waals surface area (Å²) >= 11 is 1.89. The van der Waals surface area contributed by atoms with Crippen LogP contribution in [0.15, 0.2) is 0 Å². The molecule has 0 saturated carbocycles. The van der Waals surface area contributed by atoms with Gasteiger partial charge in [-0.25, -0.2) is 0 Å². The first kappa shape index (κ1) is 10.1. The van der Waals surface area contributed by atoms with Gasteiger partial charge >= 0.3 is 5.97 Å². The third-order valence-electron chi connectivity index (χ3n) is 0.862. The zero-order chi connectivity index (χ0) is 7.98. The average Bonchev–Trinajstić information content (AvgIpc) is 1.90. The fraction of sp³-hybridized carbons (Fsp3) is 0.800. The average molecular weight is 259 g/mol. The lowest BCUT2D eigenvalue weighted by Gasteiger charge is -2.10. The summed E-state index contributed by atoms with van der Waals surface area (Å²) in [5.41, 5.74) is 0. The molecule has 0 aromatic heterocycles. The van der Waals surface area contributed by atoms with Crippen LogP contribution in [0.2, 0.25) is 0 Å². The second-order valence-corrected chi connectivity index (χ2v) is 2.41. The molecule has 0 saturated heterocycles. The molecule has 0 bridgehead atoms. The summed E-state index contributed by atoms with van der Waals surface area (Å²) in [4.78, 5) is 10.2. The number of aliphatic hydroxyl groups is 1. The third-order valence-corrected chi connectivity index (χ3v) is 1.74. The van der Waals surface area contributed by atoms with Crippen LogP contribution >= 0.6 is 22.9 Å². The molecule has 0 spiro atoms. The van der Waals surface area contributed by atoms with E-state index in [1.807, 2.05) is 22.9 Å². The summed E-state index contributed by atoms with van der Waals surface area (Å²) in [5, 5.41) is 8.58. The normalized spacial score (nSPS) is 12.7. The first-order valence-corrected chi connectivity index (χ1v) is 3.89. The zero-order valence-electron chi connectivity index (χ0n) is 5.63. The monoisotopic (exact) mass is 259 g/mol. The zero-order valence-corrected chi connectivity index (χ0v) is 7.79. The summed E-state index contributed by atoms with van der Waals surface area (Å²) in [7, 11) is 0. The van der Waals surface area contributed by atoms with Crippen molar-refractivity contribution in [3.63, 3.8) is 0 Å². The molecule has 60 valence electrons. The molecule has 0 heterocycles. The van der Waals surface area contributed by atoms with Crippen LogP contribution in [0.1, 0.15) is 6.92 Å². The van der Waals surface area contributed by atoms with Crippen LogP contribution in [-0.2, 0) is 9.53 Å². The molecule has 0 amide bonds. The fourth-order valence-corrected chi connectivity index (χ4v) is 0.713. The second kappa shape index (κ2) is 5.87. The Labute approximate surface area is 73.4 Å². The highest BCUT2D eigenvalue weighted by molar-refractivity contribution is 14.1. The Bertz CT molecular complexity index is 105. The number of ether oxygens (including phenoxy) is 1. The van der Waals surface area contributed by atoms with E-state index >= 15 is 0 Å². The molecule has 0 rings (SSSR count).